The Kier molecular flexibility index (Phi) is 5.20. The van der Waals surface area contributed by atoms with Crippen LogP contribution in [-0.4, -0.2) is 53.0 Å². The van der Waals surface area contributed by atoms with E-state index in [-0.39, 0.29) is 0 Å². The Morgan fingerprint density at radius 1 is 1.17 bits per heavy atom. The van der Waals surface area contributed by atoms with Gasteiger partial charge in [0.05, 0.1) is 0 Å². The van der Waals surface area contributed by atoms with Gasteiger partial charge in [0, 0.05) is 43.6 Å². The number of anilines is 1. The van der Waals surface area contributed by atoms with Gasteiger partial charge in [0.25, 0.3) is 0 Å². The van der Waals surface area contributed by atoms with Crippen LogP contribution in [0.15, 0.2) is 42.7 Å². The van der Waals surface area contributed by atoms with E-state index in [1.165, 1.54) is 18.5 Å². The van der Waals surface area contributed by atoms with Gasteiger partial charge in [-0.25, -0.2) is 9.97 Å². The van der Waals surface area contributed by atoms with E-state index in [0.717, 1.165) is 25.2 Å². The molecule has 3 rings (SSSR count). The second-order valence-electron chi connectivity index (χ2n) is 6.37. The van der Waals surface area contributed by atoms with Crippen LogP contribution in [0.3, 0.4) is 0 Å². The fraction of sp³-hybridized carbons (Fsp3) is 0.444. The summed E-state index contributed by atoms with van der Waals surface area (Å²) in [5.74, 6) is 0.681. The van der Waals surface area contributed by atoms with Gasteiger partial charge < -0.3 is 10.2 Å². The number of rotatable bonds is 6. The standard InChI is InChI=1S/C18H25N5/c1-22-9-8-17(14-22)23(2)13-16-11-20-18(21-12-16)19-10-15-6-4-3-5-7-15/h3-7,11-12,17H,8-10,13-14H2,1-2H3,(H,19,20,21)/t17-/m1/s1. The average molecular weight is 311 g/mol. The topological polar surface area (TPSA) is 44.3 Å². The third kappa shape index (κ3) is 4.50. The van der Waals surface area contributed by atoms with Gasteiger partial charge in [-0.3, -0.25) is 4.90 Å². The van der Waals surface area contributed by atoms with E-state index in [0.29, 0.717) is 12.0 Å². The summed E-state index contributed by atoms with van der Waals surface area (Å²) in [5, 5.41) is 3.26. The van der Waals surface area contributed by atoms with Gasteiger partial charge in [0.1, 0.15) is 0 Å². The van der Waals surface area contributed by atoms with Crippen LogP contribution in [0.25, 0.3) is 0 Å². The lowest BCUT2D eigenvalue weighted by atomic mass is 10.2. The predicted molar refractivity (Wildman–Crippen MR) is 93.2 cm³/mol. The molecule has 0 unspecified atom stereocenters. The molecule has 0 spiro atoms. The first-order valence-electron chi connectivity index (χ1n) is 8.18. The van der Waals surface area contributed by atoms with Crippen LogP contribution in [0, 0.1) is 0 Å². The molecule has 1 fully saturated rings. The van der Waals surface area contributed by atoms with Gasteiger partial charge in [0.15, 0.2) is 0 Å². The fourth-order valence-corrected chi connectivity index (χ4v) is 2.99. The van der Waals surface area contributed by atoms with Crippen molar-refractivity contribution in [2.24, 2.45) is 0 Å². The van der Waals surface area contributed by atoms with Crippen LogP contribution in [0.4, 0.5) is 5.95 Å². The first-order valence-corrected chi connectivity index (χ1v) is 8.18. The van der Waals surface area contributed by atoms with Crippen LogP contribution < -0.4 is 5.32 Å². The summed E-state index contributed by atoms with van der Waals surface area (Å²) in [4.78, 5) is 13.6. The molecule has 0 radical (unpaired) electrons. The summed E-state index contributed by atoms with van der Waals surface area (Å²) < 4.78 is 0. The minimum absolute atomic E-state index is 0.635. The highest BCUT2D eigenvalue weighted by atomic mass is 15.2. The molecule has 1 aromatic heterocycles. The average Bonchev–Trinajstić information content (AvgIpc) is 3.02. The van der Waals surface area contributed by atoms with Crippen molar-refractivity contribution in [3.05, 3.63) is 53.9 Å². The maximum Gasteiger partial charge on any atom is 0.222 e. The Morgan fingerprint density at radius 2 is 1.91 bits per heavy atom. The van der Waals surface area contributed by atoms with Gasteiger partial charge in [-0.2, -0.15) is 0 Å². The lowest BCUT2D eigenvalue weighted by molar-refractivity contribution is 0.233. The van der Waals surface area contributed by atoms with E-state index in [9.17, 15) is 0 Å². The van der Waals surface area contributed by atoms with Crippen LogP contribution in [0.2, 0.25) is 0 Å². The smallest absolute Gasteiger partial charge is 0.222 e. The minimum atomic E-state index is 0.635. The number of likely N-dealkylation sites (tertiary alicyclic amines) is 1. The van der Waals surface area contributed by atoms with E-state index in [2.05, 4.69) is 51.3 Å². The van der Waals surface area contributed by atoms with Crippen molar-refractivity contribution >= 4 is 5.95 Å². The molecule has 5 nitrogen and oxygen atoms in total. The highest BCUT2D eigenvalue weighted by molar-refractivity contribution is 5.27. The van der Waals surface area contributed by atoms with Crippen molar-refractivity contribution in [3.63, 3.8) is 0 Å². The third-order valence-electron chi connectivity index (χ3n) is 4.42. The zero-order chi connectivity index (χ0) is 16.1. The van der Waals surface area contributed by atoms with E-state index in [1.807, 2.05) is 30.6 Å². The molecule has 0 saturated carbocycles. The summed E-state index contributed by atoms with van der Waals surface area (Å²) in [6, 6.07) is 10.9. The van der Waals surface area contributed by atoms with Crippen molar-refractivity contribution in [1.82, 2.24) is 19.8 Å². The maximum atomic E-state index is 4.43. The van der Waals surface area contributed by atoms with E-state index < -0.39 is 0 Å². The predicted octanol–water partition coefficient (Wildman–Crippen LogP) is 2.22. The summed E-state index contributed by atoms with van der Waals surface area (Å²) in [5.41, 5.74) is 2.39. The fourth-order valence-electron chi connectivity index (χ4n) is 2.99. The molecular formula is C18H25N5. The Bertz CT molecular complexity index is 599. The van der Waals surface area contributed by atoms with Gasteiger partial charge in [-0.1, -0.05) is 30.3 Å². The number of hydrogen-bond acceptors (Lipinski definition) is 5. The van der Waals surface area contributed by atoms with Crippen molar-refractivity contribution in [3.8, 4) is 0 Å². The van der Waals surface area contributed by atoms with Crippen molar-refractivity contribution < 1.29 is 0 Å². The number of hydrogen-bond donors (Lipinski definition) is 1. The van der Waals surface area contributed by atoms with Crippen LogP contribution in [0.5, 0.6) is 0 Å². The summed E-state index contributed by atoms with van der Waals surface area (Å²) in [7, 11) is 4.37. The Morgan fingerprint density at radius 3 is 2.57 bits per heavy atom. The molecule has 1 aliphatic heterocycles. The summed E-state index contributed by atoms with van der Waals surface area (Å²) in [6.07, 6.45) is 5.09. The minimum Gasteiger partial charge on any atom is -0.350 e. The van der Waals surface area contributed by atoms with Crippen molar-refractivity contribution in [2.45, 2.75) is 25.6 Å². The van der Waals surface area contributed by atoms with Crippen molar-refractivity contribution in [2.75, 3.05) is 32.5 Å². The molecule has 0 bridgehead atoms. The lowest BCUT2D eigenvalue weighted by Crippen LogP contribution is -2.33. The van der Waals surface area contributed by atoms with E-state index in [4.69, 9.17) is 0 Å². The zero-order valence-corrected chi connectivity index (χ0v) is 13.9. The SMILES string of the molecule is CN1CC[C@@H](N(C)Cc2cnc(NCc3ccccc3)nc2)C1. The number of nitrogens with zero attached hydrogens (tertiary/aromatic N) is 4. The van der Waals surface area contributed by atoms with Crippen LogP contribution in [0.1, 0.15) is 17.5 Å². The van der Waals surface area contributed by atoms with Gasteiger partial charge >= 0.3 is 0 Å². The molecule has 0 amide bonds. The first-order chi connectivity index (χ1) is 11.2. The molecule has 1 atom stereocenters. The zero-order valence-electron chi connectivity index (χ0n) is 13.9. The van der Waals surface area contributed by atoms with Crippen molar-refractivity contribution in [1.29, 1.82) is 0 Å². The molecular weight excluding hydrogens is 286 g/mol. The maximum absolute atomic E-state index is 4.43. The summed E-state index contributed by atoms with van der Waals surface area (Å²) in [6.45, 7) is 3.98. The monoisotopic (exact) mass is 311 g/mol. The Hall–Kier alpha value is -1.98. The first kappa shape index (κ1) is 15.9. The Balaban J connectivity index is 1.50. The van der Waals surface area contributed by atoms with Gasteiger partial charge in [-0.15, -0.1) is 0 Å². The highest BCUT2D eigenvalue weighted by Crippen LogP contribution is 2.15. The number of aromatic nitrogens is 2. The van der Waals surface area contributed by atoms with Crippen LogP contribution in [-0.2, 0) is 13.1 Å². The number of likely N-dealkylation sites (N-methyl/N-ethyl adjacent to an activating group) is 2. The van der Waals surface area contributed by atoms with Crippen LogP contribution >= 0.6 is 0 Å². The molecule has 5 heteroatoms. The molecule has 2 aromatic rings. The second kappa shape index (κ2) is 7.53. The van der Waals surface area contributed by atoms with E-state index in [1.54, 1.807) is 0 Å². The molecule has 23 heavy (non-hydrogen) atoms. The molecule has 122 valence electrons. The molecule has 1 saturated heterocycles. The number of benzene rings is 1. The largest absolute Gasteiger partial charge is 0.350 e. The number of nitrogens with one attached hydrogen (secondary N) is 1. The van der Waals surface area contributed by atoms with Gasteiger partial charge in [-0.05, 0) is 32.6 Å². The normalized spacial score (nSPS) is 18.5. The highest BCUT2D eigenvalue weighted by Gasteiger charge is 2.23. The Labute approximate surface area is 138 Å². The van der Waals surface area contributed by atoms with Gasteiger partial charge in [0.2, 0.25) is 5.95 Å². The van der Waals surface area contributed by atoms with E-state index >= 15 is 0 Å². The lowest BCUT2D eigenvalue weighted by Gasteiger charge is -2.23. The molecule has 1 N–H and O–H groups in total. The quantitative estimate of drug-likeness (QED) is 0.886. The third-order valence-corrected chi connectivity index (χ3v) is 4.42. The molecule has 1 aromatic carbocycles. The molecule has 0 aliphatic carbocycles. The molecule has 2 heterocycles. The summed E-state index contributed by atoms with van der Waals surface area (Å²) >= 11 is 0. The second-order valence-corrected chi connectivity index (χ2v) is 6.37. The molecule has 1 aliphatic rings.